The molecule has 9 heteroatoms. The van der Waals surface area contributed by atoms with Gasteiger partial charge in [0, 0.05) is 19.4 Å². The lowest BCUT2D eigenvalue weighted by Crippen LogP contribution is -2.65. The molecule has 1 aromatic rings. The van der Waals surface area contributed by atoms with Crippen LogP contribution >= 0.6 is 0 Å². The standard InChI is InChI=1S/C24H37N3O6/c1-3-33-23(30)21(13-11-18-9-5-4-6-10-18)26-20(14-12-19(28)16-25)22(29)27(24(31)32)15-7-8-17(27)2/h4-6,9-10,17,19-21,26,28H,3,7-8,11-16,25H2,1-2H3/p+1/t17-,19?,20+,21+,27?/m1/s1. The van der Waals surface area contributed by atoms with Crippen LogP contribution in [0.1, 0.15) is 51.5 Å². The van der Waals surface area contributed by atoms with Crippen LogP contribution < -0.4 is 11.1 Å². The van der Waals surface area contributed by atoms with E-state index in [4.69, 9.17) is 10.5 Å². The summed E-state index contributed by atoms with van der Waals surface area (Å²) in [5, 5.41) is 23.1. The highest BCUT2D eigenvalue weighted by molar-refractivity contribution is 5.85. The van der Waals surface area contributed by atoms with Crippen molar-refractivity contribution in [1.82, 2.24) is 5.32 Å². The van der Waals surface area contributed by atoms with Crippen LogP contribution in [-0.2, 0) is 20.7 Å². The van der Waals surface area contributed by atoms with Crippen LogP contribution in [0.3, 0.4) is 0 Å². The number of aliphatic hydroxyl groups excluding tert-OH is 1. The van der Waals surface area contributed by atoms with Crippen molar-refractivity contribution in [2.75, 3.05) is 19.7 Å². The van der Waals surface area contributed by atoms with E-state index < -0.39 is 40.6 Å². The maximum absolute atomic E-state index is 13.7. The first-order valence-electron chi connectivity index (χ1n) is 11.8. The van der Waals surface area contributed by atoms with Crippen molar-refractivity contribution >= 4 is 18.0 Å². The van der Waals surface area contributed by atoms with Crippen molar-refractivity contribution in [2.45, 2.75) is 76.6 Å². The number of imide groups is 1. The van der Waals surface area contributed by atoms with Crippen LogP contribution in [0, 0.1) is 0 Å². The number of nitrogens with one attached hydrogen (secondary N) is 1. The van der Waals surface area contributed by atoms with Crippen molar-refractivity contribution in [1.29, 1.82) is 0 Å². The summed E-state index contributed by atoms with van der Waals surface area (Å²) >= 11 is 0. The van der Waals surface area contributed by atoms with Crippen molar-refractivity contribution in [3.8, 4) is 0 Å². The fourth-order valence-electron chi connectivity index (χ4n) is 4.53. The third-order valence-electron chi connectivity index (χ3n) is 6.52. The number of hydrogen-bond donors (Lipinski definition) is 4. The van der Waals surface area contributed by atoms with E-state index in [0.717, 1.165) is 5.56 Å². The topological polar surface area (TPSA) is 139 Å². The van der Waals surface area contributed by atoms with E-state index in [1.54, 1.807) is 13.8 Å². The quantitative estimate of drug-likeness (QED) is 0.271. The maximum atomic E-state index is 13.7. The first kappa shape index (κ1) is 26.9. The van der Waals surface area contributed by atoms with Crippen LogP contribution in [0.15, 0.2) is 30.3 Å². The Balaban J connectivity index is 2.28. The van der Waals surface area contributed by atoms with Gasteiger partial charge in [0.1, 0.15) is 18.1 Å². The molecule has 184 valence electrons. The van der Waals surface area contributed by atoms with Gasteiger partial charge in [0.15, 0.2) is 0 Å². The second-order valence-corrected chi connectivity index (χ2v) is 8.72. The van der Waals surface area contributed by atoms with Gasteiger partial charge in [0.2, 0.25) is 0 Å². The van der Waals surface area contributed by atoms with Gasteiger partial charge in [0.05, 0.1) is 19.3 Å². The van der Waals surface area contributed by atoms with Gasteiger partial charge in [-0.3, -0.25) is 10.1 Å². The Hall–Kier alpha value is -2.33. The molecule has 1 aliphatic heterocycles. The number of likely N-dealkylation sites (tertiary alicyclic amines) is 1. The normalized spacial score (nSPS) is 23.0. The third kappa shape index (κ3) is 6.83. The number of quaternary nitrogens is 1. The molecule has 0 spiro atoms. The van der Waals surface area contributed by atoms with Crippen LogP contribution in [0.25, 0.3) is 0 Å². The minimum Gasteiger partial charge on any atom is -0.465 e. The molecular weight excluding hydrogens is 426 g/mol. The summed E-state index contributed by atoms with van der Waals surface area (Å²) in [5.74, 6) is -0.979. The number of carbonyl (C=O) groups excluding carboxylic acids is 2. The number of carbonyl (C=O) groups is 3. The van der Waals surface area contributed by atoms with E-state index in [1.165, 1.54) is 0 Å². The molecule has 33 heavy (non-hydrogen) atoms. The van der Waals surface area contributed by atoms with E-state index in [0.29, 0.717) is 25.7 Å². The second kappa shape index (κ2) is 12.8. The number of rotatable bonds is 12. The Kier molecular flexibility index (Phi) is 10.4. The first-order valence-corrected chi connectivity index (χ1v) is 11.8. The molecule has 9 nitrogen and oxygen atoms in total. The average molecular weight is 465 g/mol. The number of benzene rings is 1. The SMILES string of the molecule is CCOC(=O)[C@H](CCc1ccccc1)N[C@@H](CCC(O)CN)C(=O)[N+]1(C(=O)O)CCC[C@H]1C. The van der Waals surface area contributed by atoms with Crippen molar-refractivity contribution in [3.05, 3.63) is 35.9 Å². The Morgan fingerprint density at radius 3 is 2.42 bits per heavy atom. The van der Waals surface area contributed by atoms with Gasteiger partial charge in [-0.25, -0.2) is 4.79 Å². The predicted octanol–water partition coefficient (Wildman–Crippen LogP) is 1.81. The number of nitrogens with zero attached hydrogens (tertiary/aromatic N) is 1. The molecule has 1 aromatic carbocycles. The molecule has 5 atom stereocenters. The molecule has 5 N–H and O–H groups in total. The van der Waals surface area contributed by atoms with Gasteiger partial charge in [-0.05, 0) is 45.1 Å². The third-order valence-corrected chi connectivity index (χ3v) is 6.52. The summed E-state index contributed by atoms with van der Waals surface area (Å²) in [7, 11) is 0. The lowest BCUT2D eigenvalue weighted by molar-refractivity contribution is -0.793. The smallest absolute Gasteiger partial charge is 0.465 e. The molecule has 2 amide bonds. The Labute approximate surface area is 195 Å². The number of ether oxygens (including phenoxy) is 1. The fraction of sp³-hybridized carbons (Fsp3) is 0.625. The molecule has 0 aliphatic carbocycles. The lowest BCUT2D eigenvalue weighted by atomic mass is 10.0. The Morgan fingerprint density at radius 2 is 1.88 bits per heavy atom. The fourth-order valence-corrected chi connectivity index (χ4v) is 4.53. The molecule has 0 saturated carbocycles. The van der Waals surface area contributed by atoms with Gasteiger partial charge in [-0.2, -0.15) is 9.28 Å². The van der Waals surface area contributed by atoms with Gasteiger partial charge < -0.3 is 20.7 Å². The average Bonchev–Trinajstić information content (AvgIpc) is 3.21. The largest absolute Gasteiger partial charge is 0.521 e. The summed E-state index contributed by atoms with van der Waals surface area (Å²) in [6.45, 7) is 3.91. The van der Waals surface area contributed by atoms with Crippen LogP contribution in [0.2, 0.25) is 0 Å². The molecule has 1 fully saturated rings. The number of carboxylic acid groups (broad SMARTS) is 1. The maximum Gasteiger partial charge on any atom is 0.521 e. The van der Waals surface area contributed by atoms with Crippen molar-refractivity contribution < 1.29 is 33.8 Å². The molecule has 1 aliphatic rings. The number of esters is 1. The molecule has 0 bridgehead atoms. The first-order chi connectivity index (χ1) is 15.8. The van der Waals surface area contributed by atoms with E-state index in [1.807, 2.05) is 30.3 Å². The number of nitrogens with two attached hydrogens (primary N) is 1. The molecular formula is C24H38N3O6+. The second-order valence-electron chi connectivity index (χ2n) is 8.72. The van der Waals surface area contributed by atoms with E-state index >= 15 is 0 Å². The van der Waals surface area contributed by atoms with Gasteiger partial charge in [0.25, 0.3) is 0 Å². The number of amides is 2. The summed E-state index contributed by atoms with van der Waals surface area (Å²) in [5.41, 5.74) is 6.57. The molecule has 1 saturated heterocycles. The van der Waals surface area contributed by atoms with Crippen LogP contribution in [-0.4, -0.2) is 76.6 Å². The molecule has 2 rings (SSSR count). The number of aliphatic hydroxyl groups is 1. The zero-order chi connectivity index (χ0) is 24.4. The summed E-state index contributed by atoms with van der Waals surface area (Å²) in [4.78, 5) is 38.7. The number of hydrogen-bond acceptors (Lipinski definition) is 7. The highest BCUT2D eigenvalue weighted by Crippen LogP contribution is 2.30. The molecule has 2 unspecified atom stereocenters. The molecule has 1 heterocycles. The minimum absolute atomic E-state index is 0.0333. The molecule has 0 aromatic heterocycles. The van der Waals surface area contributed by atoms with E-state index in [2.05, 4.69) is 5.32 Å². The Bertz CT molecular complexity index is 790. The number of aryl methyl sites for hydroxylation is 1. The Morgan fingerprint density at radius 1 is 1.18 bits per heavy atom. The highest BCUT2D eigenvalue weighted by Gasteiger charge is 2.55. The molecule has 0 radical (unpaired) electrons. The van der Waals surface area contributed by atoms with Crippen molar-refractivity contribution in [3.63, 3.8) is 0 Å². The van der Waals surface area contributed by atoms with Gasteiger partial charge in [-0.15, -0.1) is 0 Å². The van der Waals surface area contributed by atoms with Crippen LogP contribution in [0.4, 0.5) is 4.79 Å². The van der Waals surface area contributed by atoms with Gasteiger partial charge >= 0.3 is 18.0 Å². The van der Waals surface area contributed by atoms with E-state index in [-0.39, 0.29) is 38.6 Å². The monoisotopic (exact) mass is 464 g/mol. The van der Waals surface area contributed by atoms with Gasteiger partial charge in [-0.1, -0.05) is 30.3 Å². The zero-order valence-corrected chi connectivity index (χ0v) is 19.6. The predicted molar refractivity (Wildman–Crippen MR) is 123 cm³/mol. The minimum atomic E-state index is -1.19. The van der Waals surface area contributed by atoms with Crippen molar-refractivity contribution in [2.24, 2.45) is 5.73 Å². The lowest BCUT2D eigenvalue weighted by Gasteiger charge is -2.34. The van der Waals surface area contributed by atoms with E-state index in [9.17, 15) is 24.6 Å². The summed E-state index contributed by atoms with van der Waals surface area (Å²) in [6, 6.07) is 7.56. The zero-order valence-electron chi connectivity index (χ0n) is 19.6. The summed E-state index contributed by atoms with van der Waals surface area (Å²) < 4.78 is 4.56. The van der Waals surface area contributed by atoms with Crippen LogP contribution in [0.5, 0.6) is 0 Å². The summed E-state index contributed by atoms with van der Waals surface area (Å²) in [6.07, 6.45) is 0.599. The highest BCUT2D eigenvalue weighted by atomic mass is 16.5.